The number of hydrogen-bond acceptors (Lipinski definition) is 4. The Hall–Kier alpha value is -0.610. The predicted molar refractivity (Wildman–Crippen MR) is 73.5 cm³/mol. The molecule has 1 atom stereocenters. The minimum absolute atomic E-state index is 0.166. The average molecular weight is 256 g/mol. The van der Waals surface area contributed by atoms with Crippen molar-refractivity contribution < 1.29 is 9.53 Å². The van der Waals surface area contributed by atoms with Gasteiger partial charge in [0.2, 0.25) is 0 Å². The largest absolute Gasteiger partial charge is 0.459 e. The lowest BCUT2D eigenvalue weighted by Gasteiger charge is -2.21. The third kappa shape index (κ3) is 5.83. The van der Waals surface area contributed by atoms with Gasteiger partial charge in [-0.1, -0.05) is 0 Å². The molecule has 1 N–H and O–H groups in total. The van der Waals surface area contributed by atoms with E-state index in [4.69, 9.17) is 4.74 Å². The summed E-state index contributed by atoms with van der Waals surface area (Å²) in [6, 6.07) is 0.626. The topological polar surface area (TPSA) is 41.6 Å². The van der Waals surface area contributed by atoms with Gasteiger partial charge in [-0.05, 0) is 60.0 Å². The fraction of sp³-hybridized carbons (Fsp3) is 0.929. The van der Waals surface area contributed by atoms with E-state index in [-0.39, 0.29) is 11.6 Å². The summed E-state index contributed by atoms with van der Waals surface area (Å²) in [7, 11) is 0. The molecule has 4 nitrogen and oxygen atoms in total. The van der Waals surface area contributed by atoms with Crippen LogP contribution in [-0.2, 0) is 9.53 Å². The molecule has 1 saturated heterocycles. The minimum Gasteiger partial charge on any atom is -0.459 e. The Bertz CT molecular complexity index is 271. The fourth-order valence-electron chi connectivity index (χ4n) is 2.25. The number of nitrogens with one attached hydrogen (secondary N) is 1. The Balaban J connectivity index is 2.14. The molecule has 0 amide bonds. The molecule has 1 unspecified atom stereocenters. The molecule has 0 saturated carbocycles. The van der Waals surface area contributed by atoms with E-state index in [0.29, 0.717) is 18.5 Å². The van der Waals surface area contributed by atoms with Gasteiger partial charge in [0.05, 0.1) is 6.54 Å². The molecular weight excluding hydrogens is 228 g/mol. The van der Waals surface area contributed by atoms with Crippen molar-refractivity contribution in [1.29, 1.82) is 0 Å². The maximum absolute atomic E-state index is 11.5. The number of esters is 1. The summed E-state index contributed by atoms with van der Waals surface area (Å²) >= 11 is 0. The molecule has 0 aromatic carbocycles. The zero-order valence-electron chi connectivity index (χ0n) is 12.5. The van der Waals surface area contributed by atoms with E-state index in [9.17, 15) is 4.79 Å². The first-order valence-corrected chi connectivity index (χ1v) is 6.94. The van der Waals surface area contributed by atoms with Gasteiger partial charge in [-0.2, -0.15) is 0 Å². The predicted octanol–water partition coefficient (Wildman–Crippen LogP) is 1.65. The van der Waals surface area contributed by atoms with Gasteiger partial charge in [0.15, 0.2) is 0 Å². The summed E-state index contributed by atoms with van der Waals surface area (Å²) in [5.74, 6) is 0.496. The third-order valence-electron chi connectivity index (χ3n) is 3.17. The summed E-state index contributed by atoms with van der Waals surface area (Å²) in [5, 5.41) is 3.21. The lowest BCUT2D eigenvalue weighted by molar-refractivity contribution is -0.153. The first-order chi connectivity index (χ1) is 8.28. The van der Waals surface area contributed by atoms with E-state index < -0.39 is 0 Å². The van der Waals surface area contributed by atoms with E-state index in [2.05, 4.69) is 24.1 Å². The van der Waals surface area contributed by atoms with Gasteiger partial charge in [-0.3, -0.25) is 4.79 Å². The molecule has 4 heteroatoms. The van der Waals surface area contributed by atoms with Crippen molar-refractivity contribution in [3.63, 3.8) is 0 Å². The van der Waals surface area contributed by atoms with E-state index >= 15 is 0 Å². The monoisotopic (exact) mass is 256 g/mol. The van der Waals surface area contributed by atoms with Crippen molar-refractivity contribution in [2.45, 2.75) is 52.7 Å². The molecule has 1 aliphatic heterocycles. The normalized spacial score (nSPS) is 21.6. The Morgan fingerprint density at radius 3 is 2.61 bits per heavy atom. The van der Waals surface area contributed by atoms with Gasteiger partial charge in [-0.25, -0.2) is 0 Å². The first-order valence-electron chi connectivity index (χ1n) is 6.94. The van der Waals surface area contributed by atoms with E-state index in [1.807, 2.05) is 20.8 Å². The van der Waals surface area contributed by atoms with Crippen LogP contribution in [0.25, 0.3) is 0 Å². The molecule has 0 bridgehead atoms. The number of nitrogens with zero attached hydrogens (tertiary/aromatic N) is 1. The second-order valence-corrected chi connectivity index (χ2v) is 6.46. The Kier molecular flexibility index (Phi) is 5.60. The second kappa shape index (κ2) is 6.53. The second-order valence-electron chi connectivity index (χ2n) is 6.46. The van der Waals surface area contributed by atoms with Crippen LogP contribution in [0.15, 0.2) is 0 Å². The standard InChI is InChI=1S/C14H28N2O2/c1-11(2)16-7-6-12(10-16)8-15-9-13(17)18-14(3,4)5/h11-12,15H,6-10H2,1-5H3. The van der Waals surface area contributed by atoms with E-state index in [1.165, 1.54) is 13.0 Å². The van der Waals surface area contributed by atoms with Crippen LogP contribution in [0.2, 0.25) is 0 Å². The van der Waals surface area contributed by atoms with Crippen molar-refractivity contribution in [1.82, 2.24) is 10.2 Å². The molecule has 1 rings (SSSR count). The van der Waals surface area contributed by atoms with E-state index in [0.717, 1.165) is 13.1 Å². The highest BCUT2D eigenvalue weighted by Crippen LogP contribution is 2.17. The molecule has 1 fully saturated rings. The maximum Gasteiger partial charge on any atom is 0.320 e. The minimum atomic E-state index is -0.388. The summed E-state index contributed by atoms with van der Waals surface area (Å²) in [6.07, 6.45) is 1.22. The van der Waals surface area contributed by atoms with Crippen molar-refractivity contribution >= 4 is 5.97 Å². The summed E-state index contributed by atoms with van der Waals surface area (Å²) in [6.45, 7) is 13.7. The van der Waals surface area contributed by atoms with Gasteiger partial charge in [0, 0.05) is 12.6 Å². The van der Waals surface area contributed by atoms with Crippen molar-refractivity contribution in [2.75, 3.05) is 26.2 Å². The van der Waals surface area contributed by atoms with Crippen LogP contribution in [0.1, 0.15) is 41.0 Å². The van der Waals surface area contributed by atoms with Crippen molar-refractivity contribution in [3.8, 4) is 0 Å². The highest BCUT2D eigenvalue weighted by Gasteiger charge is 2.24. The number of carbonyl (C=O) groups excluding carboxylic acids is 1. The molecule has 0 aromatic heterocycles. The van der Waals surface area contributed by atoms with E-state index in [1.54, 1.807) is 0 Å². The number of rotatable bonds is 5. The zero-order chi connectivity index (χ0) is 13.8. The van der Waals surface area contributed by atoms with Crippen LogP contribution in [0, 0.1) is 5.92 Å². The quantitative estimate of drug-likeness (QED) is 0.759. The molecule has 0 aliphatic carbocycles. The smallest absolute Gasteiger partial charge is 0.320 e. The van der Waals surface area contributed by atoms with Crippen LogP contribution < -0.4 is 5.32 Å². The third-order valence-corrected chi connectivity index (χ3v) is 3.17. The van der Waals surface area contributed by atoms with Gasteiger partial charge in [0.1, 0.15) is 5.60 Å². The first kappa shape index (κ1) is 15.4. The molecule has 1 heterocycles. The van der Waals surface area contributed by atoms with Gasteiger partial charge in [0.25, 0.3) is 0 Å². The van der Waals surface area contributed by atoms with Crippen LogP contribution in [0.5, 0.6) is 0 Å². The highest BCUT2D eigenvalue weighted by molar-refractivity contribution is 5.72. The van der Waals surface area contributed by atoms with Crippen molar-refractivity contribution in [3.05, 3.63) is 0 Å². The summed E-state index contributed by atoms with van der Waals surface area (Å²) in [4.78, 5) is 14.0. The fourth-order valence-corrected chi connectivity index (χ4v) is 2.25. The Morgan fingerprint density at radius 2 is 2.11 bits per heavy atom. The molecule has 1 aliphatic rings. The van der Waals surface area contributed by atoms with Crippen LogP contribution in [-0.4, -0.2) is 48.7 Å². The van der Waals surface area contributed by atoms with Gasteiger partial charge >= 0.3 is 5.97 Å². The molecule has 18 heavy (non-hydrogen) atoms. The average Bonchev–Trinajstić information content (AvgIpc) is 2.63. The van der Waals surface area contributed by atoms with Crippen LogP contribution >= 0.6 is 0 Å². The zero-order valence-corrected chi connectivity index (χ0v) is 12.5. The van der Waals surface area contributed by atoms with Gasteiger partial charge < -0.3 is 15.0 Å². The molecular formula is C14H28N2O2. The molecule has 0 spiro atoms. The molecule has 0 aromatic rings. The Morgan fingerprint density at radius 1 is 1.44 bits per heavy atom. The molecule has 0 radical (unpaired) electrons. The molecule has 106 valence electrons. The maximum atomic E-state index is 11.5. The van der Waals surface area contributed by atoms with Crippen molar-refractivity contribution in [2.24, 2.45) is 5.92 Å². The van der Waals surface area contributed by atoms with Crippen LogP contribution in [0.4, 0.5) is 0 Å². The van der Waals surface area contributed by atoms with Gasteiger partial charge in [-0.15, -0.1) is 0 Å². The lowest BCUT2D eigenvalue weighted by Crippen LogP contribution is -2.35. The van der Waals surface area contributed by atoms with Crippen LogP contribution in [0.3, 0.4) is 0 Å². The Labute approximate surface area is 111 Å². The summed E-state index contributed by atoms with van der Waals surface area (Å²) in [5.41, 5.74) is -0.388. The summed E-state index contributed by atoms with van der Waals surface area (Å²) < 4.78 is 5.25. The SMILES string of the molecule is CC(C)N1CCC(CNCC(=O)OC(C)(C)C)C1. The lowest BCUT2D eigenvalue weighted by atomic mass is 10.1. The number of carbonyl (C=O) groups is 1. The number of ether oxygens (including phenoxy) is 1. The number of hydrogen-bond donors (Lipinski definition) is 1. The highest BCUT2D eigenvalue weighted by atomic mass is 16.6. The number of likely N-dealkylation sites (tertiary alicyclic amines) is 1.